The summed E-state index contributed by atoms with van der Waals surface area (Å²) in [7, 11) is 0. The number of hydrogen-bond donors (Lipinski definition) is 1. The summed E-state index contributed by atoms with van der Waals surface area (Å²) in [6.45, 7) is 7.72. The van der Waals surface area contributed by atoms with E-state index in [1.165, 1.54) is 12.0 Å². The third kappa shape index (κ3) is 5.33. The fourth-order valence-corrected chi connectivity index (χ4v) is 2.18. The van der Waals surface area contributed by atoms with Crippen LogP contribution in [0, 0.1) is 5.92 Å². The Kier molecular flexibility index (Phi) is 5.34. The van der Waals surface area contributed by atoms with Gasteiger partial charge >= 0.3 is 0 Å². The molecule has 0 saturated heterocycles. The van der Waals surface area contributed by atoms with Crippen molar-refractivity contribution in [3.05, 3.63) is 34.3 Å². The minimum atomic E-state index is 0.587. The fraction of sp³-hybridized carbons (Fsp3) is 0.538. The monoisotopic (exact) mass is 269 g/mol. The summed E-state index contributed by atoms with van der Waals surface area (Å²) < 4.78 is 1.15. The van der Waals surface area contributed by atoms with Crippen LogP contribution in [0.3, 0.4) is 0 Å². The number of nitrogens with one attached hydrogen (secondary N) is 1. The molecule has 1 aromatic rings. The van der Waals surface area contributed by atoms with Gasteiger partial charge < -0.3 is 5.32 Å². The second kappa shape index (κ2) is 6.29. The van der Waals surface area contributed by atoms with Crippen LogP contribution in [-0.4, -0.2) is 6.04 Å². The maximum atomic E-state index is 3.54. The van der Waals surface area contributed by atoms with Crippen molar-refractivity contribution in [3.63, 3.8) is 0 Å². The third-order valence-corrected chi connectivity index (χ3v) is 2.86. The molecule has 84 valence electrons. The molecule has 1 aromatic carbocycles. The molecule has 0 aliphatic carbocycles. The van der Waals surface area contributed by atoms with Crippen LogP contribution in [-0.2, 0) is 6.54 Å². The number of hydrogen-bond acceptors (Lipinski definition) is 1. The van der Waals surface area contributed by atoms with Gasteiger partial charge in [-0.3, -0.25) is 0 Å². The predicted octanol–water partition coefficient (Wildman–Crippen LogP) is 3.97. The van der Waals surface area contributed by atoms with E-state index in [0.29, 0.717) is 6.04 Å². The van der Waals surface area contributed by atoms with Gasteiger partial charge in [0.25, 0.3) is 0 Å². The number of halogens is 1. The normalized spacial score (nSPS) is 13.1. The molecule has 2 heteroatoms. The Balaban J connectivity index is 2.36. The first-order valence-electron chi connectivity index (χ1n) is 5.55. The van der Waals surface area contributed by atoms with Crippen molar-refractivity contribution in [2.45, 2.75) is 39.8 Å². The van der Waals surface area contributed by atoms with E-state index < -0.39 is 0 Å². The largest absolute Gasteiger partial charge is 0.310 e. The summed E-state index contributed by atoms with van der Waals surface area (Å²) in [4.78, 5) is 0. The Morgan fingerprint density at radius 3 is 2.60 bits per heavy atom. The van der Waals surface area contributed by atoms with Gasteiger partial charge in [0.15, 0.2) is 0 Å². The second-order valence-electron chi connectivity index (χ2n) is 4.54. The minimum Gasteiger partial charge on any atom is -0.310 e. The first kappa shape index (κ1) is 12.7. The molecule has 1 unspecified atom stereocenters. The molecule has 0 heterocycles. The molecule has 15 heavy (non-hydrogen) atoms. The Morgan fingerprint density at radius 1 is 1.27 bits per heavy atom. The summed E-state index contributed by atoms with van der Waals surface area (Å²) in [5.41, 5.74) is 1.33. The van der Waals surface area contributed by atoms with E-state index >= 15 is 0 Å². The molecule has 0 bridgehead atoms. The molecule has 1 rings (SSSR count). The highest BCUT2D eigenvalue weighted by molar-refractivity contribution is 9.10. The van der Waals surface area contributed by atoms with Crippen molar-refractivity contribution in [2.24, 2.45) is 5.92 Å². The van der Waals surface area contributed by atoms with E-state index in [-0.39, 0.29) is 0 Å². The van der Waals surface area contributed by atoms with Gasteiger partial charge in [0.05, 0.1) is 0 Å². The van der Waals surface area contributed by atoms with Crippen LogP contribution in [0.5, 0.6) is 0 Å². The Morgan fingerprint density at radius 2 is 2.00 bits per heavy atom. The molecule has 1 nitrogen and oxygen atoms in total. The van der Waals surface area contributed by atoms with Gasteiger partial charge in [0, 0.05) is 17.1 Å². The lowest BCUT2D eigenvalue weighted by Crippen LogP contribution is -2.26. The molecule has 0 radical (unpaired) electrons. The highest BCUT2D eigenvalue weighted by Gasteiger charge is 2.04. The molecular formula is C13H20BrN. The van der Waals surface area contributed by atoms with Crippen LogP contribution in [0.4, 0.5) is 0 Å². The standard InChI is InChI=1S/C13H20BrN/c1-10(2)7-11(3)15-9-12-5-4-6-13(14)8-12/h4-6,8,10-11,15H,7,9H2,1-3H3. The van der Waals surface area contributed by atoms with Crippen molar-refractivity contribution in [1.29, 1.82) is 0 Å². The summed E-state index contributed by atoms with van der Waals surface area (Å²) in [5.74, 6) is 0.759. The lowest BCUT2D eigenvalue weighted by Gasteiger charge is -2.15. The Bertz CT molecular complexity index is 296. The molecule has 0 aromatic heterocycles. The highest BCUT2D eigenvalue weighted by atomic mass is 79.9. The molecule has 0 saturated carbocycles. The molecule has 1 atom stereocenters. The zero-order valence-corrected chi connectivity index (χ0v) is 11.3. The van der Waals surface area contributed by atoms with E-state index in [2.05, 4.69) is 66.3 Å². The van der Waals surface area contributed by atoms with Crippen LogP contribution in [0.2, 0.25) is 0 Å². The summed E-state index contributed by atoms with van der Waals surface area (Å²) in [6, 6.07) is 9.04. The van der Waals surface area contributed by atoms with Crippen molar-refractivity contribution < 1.29 is 0 Å². The van der Waals surface area contributed by atoms with Crippen LogP contribution in [0.1, 0.15) is 32.8 Å². The van der Waals surface area contributed by atoms with Gasteiger partial charge in [-0.2, -0.15) is 0 Å². The number of rotatable bonds is 5. The lowest BCUT2D eigenvalue weighted by atomic mass is 10.1. The predicted molar refractivity (Wildman–Crippen MR) is 69.9 cm³/mol. The van der Waals surface area contributed by atoms with Gasteiger partial charge in [-0.1, -0.05) is 41.9 Å². The summed E-state index contributed by atoms with van der Waals surface area (Å²) in [5, 5.41) is 3.54. The van der Waals surface area contributed by atoms with Gasteiger partial charge in [-0.25, -0.2) is 0 Å². The average Bonchev–Trinajstić information content (AvgIpc) is 2.14. The third-order valence-electron chi connectivity index (χ3n) is 2.37. The van der Waals surface area contributed by atoms with Gasteiger partial charge in [0.2, 0.25) is 0 Å². The second-order valence-corrected chi connectivity index (χ2v) is 5.46. The van der Waals surface area contributed by atoms with E-state index in [1.807, 2.05) is 0 Å². The van der Waals surface area contributed by atoms with Crippen molar-refractivity contribution in [3.8, 4) is 0 Å². The SMILES string of the molecule is CC(C)CC(C)NCc1cccc(Br)c1. The van der Waals surface area contributed by atoms with Gasteiger partial charge in [0.1, 0.15) is 0 Å². The summed E-state index contributed by atoms with van der Waals surface area (Å²) in [6.07, 6.45) is 1.23. The number of benzene rings is 1. The smallest absolute Gasteiger partial charge is 0.0208 e. The van der Waals surface area contributed by atoms with E-state index in [1.54, 1.807) is 0 Å². The zero-order chi connectivity index (χ0) is 11.3. The quantitative estimate of drug-likeness (QED) is 0.853. The van der Waals surface area contributed by atoms with E-state index in [9.17, 15) is 0 Å². The van der Waals surface area contributed by atoms with Gasteiger partial charge in [-0.05, 0) is 37.0 Å². The van der Waals surface area contributed by atoms with Crippen LogP contribution >= 0.6 is 15.9 Å². The van der Waals surface area contributed by atoms with Crippen LogP contribution in [0.25, 0.3) is 0 Å². The first-order chi connectivity index (χ1) is 7.08. The topological polar surface area (TPSA) is 12.0 Å². The molecule has 0 fully saturated rings. The molecule has 1 N–H and O–H groups in total. The van der Waals surface area contributed by atoms with Crippen molar-refractivity contribution in [2.75, 3.05) is 0 Å². The molecule has 0 amide bonds. The molecule has 0 aliphatic rings. The van der Waals surface area contributed by atoms with E-state index in [4.69, 9.17) is 0 Å². The molecular weight excluding hydrogens is 250 g/mol. The maximum absolute atomic E-state index is 3.54. The van der Waals surface area contributed by atoms with E-state index in [0.717, 1.165) is 16.9 Å². The Labute approximate surface area is 101 Å². The van der Waals surface area contributed by atoms with Crippen LogP contribution < -0.4 is 5.32 Å². The summed E-state index contributed by atoms with van der Waals surface area (Å²) >= 11 is 3.48. The lowest BCUT2D eigenvalue weighted by molar-refractivity contribution is 0.441. The molecule has 0 aliphatic heterocycles. The fourth-order valence-electron chi connectivity index (χ4n) is 1.73. The van der Waals surface area contributed by atoms with Crippen LogP contribution in [0.15, 0.2) is 28.7 Å². The first-order valence-corrected chi connectivity index (χ1v) is 6.35. The average molecular weight is 270 g/mol. The van der Waals surface area contributed by atoms with Crippen molar-refractivity contribution in [1.82, 2.24) is 5.32 Å². The zero-order valence-electron chi connectivity index (χ0n) is 9.76. The van der Waals surface area contributed by atoms with Crippen molar-refractivity contribution >= 4 is 15.9 Å². The Hall–Kier alpha value is -0.340. The van der Waals surface area contributed by atoms with Gasteiger partial charge in [-0.15, -0.1) is 0 Å². The maximum Gasteiger partial charge on any atom is 0.0208 e. The highest BCUT2D eigenvalue weighted by Crippen LogP contribution is 2.12. The minimum absolute atomic E-state index is 0.587. The molecule has 0 spiro atoms.